The Labute approximate surface area is 86.8 Å². The molecule has 0 fully saturated rings. The molecule has 1 aromatic heterocycles. The Balaban J connectivity index is 2.82. The van der Waals surface area contributed by atoms with Crippen molar-refractivity contribution in [1.29, 1.82) is 0 Å². The topological polar surface area (TPSA) is 29.5 Å². The van der Waals surface area contributed by atoms with Crippen molar-refractivity contribution >= 4 is 21.4 Å². The lowest BCUT2D eigenvalue weighted by Gasteiger charge is -2.09. The lowest BCUT2D eigenvalue weighted by molar-refractivity contribution is 0.406. The van der Waals surface area contributed by atoms with Crippen LogP contribution in [0.3, 0.4) is 0 Å². The molecule has 1 N–H and O–H groups in total. The van der Waals surface area contributed by atoms with Crippen LogP contribution in [0.5, 0.6) is 11.5 Å². The molecule has 0 atom stereocenters. The third kappa shape index (κ3) is 1.24. The maximum Gasteiger partial charge on any atom is 0.143 e. The number of phenolic OH excluding ortho intramolecular Hbond substituents is 1. The fraction of sp³-hybridized carbons (Fsp3) is 0.273. The average Bonchev–Trinajstić information content (AvgIpc) is 2.62. The van der Waals surface area contributed by atoms with Gasteiger partial charge >= 0.3 is 0 Å². The number of aromatic hydroxyl groups is 1. The van der Waals surface area contributed by atoms with Gasteiger partial charge in [-0.25, -0.2) is 0 Å². The first kappa shape index (κ1) is 9.34. The largest absolute Gasteiger partial charge is 0.508 e. The van der Waals surface area contributed by atoms with E-state index in [-0.39, 0.29) is 0 Å². The zero-order valence-corrected chi connectivity index (χ0v) is 9.02. The highest BCUT2D eigenvalue weighted by atomic mass is 32.1. The van der Waals surface area contributed by atoms with E-state index in [0.717, 1.165) is 27.8 Å². The molecule has 74 valence electrons. The van der Waals surface area contributed by atoms with Crippen LogP contribution in [0.25, 0.3) is 10.1 Å². The van der Waals surface area contributed by atoms with Gasteiger partial charge < -0.3 is 9.84 Å². The number of ether oxygens (including phenoxy) is 1. The van der Waals surface area contributed by atoms with Crippen molar-refractivity contribution in [2.75, 3.05) is 7.11 Å². The van der Waals surface area contributed by atoms with E-state index in [9.17, 15) is 5.11 Å². The highest BCUT2D eigenvalue weighted by Gasteiger charge is 2.12. The van der Waals surface area contributed by atoms with Gasteiger partial charge in [0.25, 0.3) is 0 Å². The molecule has 0 amide bonds. The molecule has 0 unspecified atom stereocenters. The van der Waals surface area contributed by atoms with Crippen LogP contribution in [0.2, 0.25) is 0 Å². The van der Waals surface area contributed by atoms with Crippen LogP contribution >= 0.6 is 11.3 Å². The molecule has 0 aliphatic carbocycles. The molecule has 3 heteroatoms. The zero-order valence-electron chi connectivity index (χ0n) is 8.20. The first-order valence-electron chi connectivity index (χ1n) is 4.54. The third-order valence-electron chi connectivity index (χ3n) is 2.34. The number of thiophene rings is 1. The van der Waals surface area contributed by atoms with Crippen LogP contribution in [-0.4, -0.2) is 12.2 Å². The Morgan fingerprint density at radius 1 is 1.50 bits per heavy atom. The van der Waals surface area contributed by atoms with Crippen LogP contribution in [0.4, 0.5) is 0 Å². The van der Waals surface area contributed by atoms with Gasteiger partial charge in [0.2, 0.25) is 0 Å². The van der Waals surface area contributed by atoms with Crippen molar-refractivity contribution in [3.63, 3.8) is 0 Å². The molecule has 14 heavy (non-hydrogen) atoms. The van der Waals surface area contributed by atoms with Gasteiger partial charge in [-0.2, -0.15) is 0 Å². The lowest BCUT2D eigenvalue weighted by Crippen LogP contribution is -1.91. The maximum absolute atomic E-state index is 9.76. The summed E-state index contributed by atoms with van der Waals surface area (Å²) >= 11 is 1.64. The van der Waals surface area contributed by atoms with E-state index >= 15 is 0 Å². The third-order valence-corrected chi connectivity index (χ3v) is 3.26. The van der Waals surface area contributed by atoms with Crippen molar-refractivity contribution in [2.24, 2.45) is 0 Å². The first-order chi connectivity index (χ1) is 6.77. The number of hydrogen-bond acceptors (Lipinski definition) is 3. The molecule has 2 nitrogen and oxygen atoms in total. The molecule has 1 aromatic carbocycles. The number of fused-ring (bicyclic) bond motifs is 1. The first-order valence-corrected chi connectivity index (χ1v) is 5.42. The molecule has 0 aliphatic rings. The van der Waals surface area contributed by atoms with Crippen molar-refractivity contribution in [3.8, 4) is 11.5 Å². The Morgan fingerprint density at radius 2 is 2.29 bits per heavy atom. The van der Waals surface area contributed by atoms with Gasteiger partial charge in [-0.15, -0.1) is 11.3 Å². The summed E-state index contributed by atoms with van der Waals surface area (Å²) in [6.45, 7) is 2.01. The second-order valence-electron chi connectivity index (χ2n) is 3.10. The summed E-state index contributed by atoms with van der Waals surface area (Å²) < 4.78 is 6.45. The van der Waals surface area contributed by atoms with E-state index in [4.69, 9.17) is 4.74 Å². The van der Waals surface area contributed by atoms with E-state index in [1.807, 2.05) is 18.4 Å². The highest BCUT2D eigenvalue weighted by Crippen LogP contribution is 2.39. The highest BCUT2D eigenvalue weighted by molar-refractivity contribution is 7.17. The lowest BCUT2D eigenvalue weighted by atomic mass is 10.1. The number of phenols is 1. The summed E-state index contributed by atoms with van der Waals surface area (Å²) in [4.78, 5) is 0. The maximum atomic E-state index is 9.76. The van der Waals surface area contributed by atoms with E-state index in [0.29, 0.717) is 5.75 Å². The van der Waals surface area contributed by atoms with Gasteiger partial charge in [0, 0.05) is 5.56 Å². The minimum atomic E-state index is 0.329. The van der Waals surface area contributed by atoms with Crippen molar-refractivity contribution in [1.82, 2.24) is 0 Å². The molecule has 0 aliphatic heterocycles. The molecule has 0 spiro atoms. The van der Waals surface area contributed by atoms with Crippen molar-refractivity contribution < 1.29 is 9.84 Å². The summed E-state index contributed by atoms with van der Waals surface area (Å²) in [6.07, 6.45) is 0.781. The molecule has 2 rings (SSSR count). The summed E-state index contributed by atoms with van der Waals surface area (Å²) in [5.74, 6) is 1.15. The Morgan fingerprint density at radius 3 is 2.93 bits per heavy atom. The second-order valence-corrected chi connectivity index (χ2v) is 4.02. The summed E-state index contributed by atoms with van der Waals surface area (Å²) in [5.41, 5.74) is 0.891. The number of hydrogen-bond donors (Lipinski definition) is 1. The quantitative estimate of drug-likeness (QED) is 0.821. The fourth-order valence-electron chi connectivity index (χ4n) is 1.66. The van der Waals surface area contributed by atoms with Gasteiger partial charge in [-0.3, -0.25) is 0 Å². The average molecular weight is 208 g/mol. The standard InChI is InChI=1S/C11H12O2S/c1-3-8-9(12)6-7-4-5-14-11(7)10(8)13-2/h4-6,12H,3H2,1-2H3. The Bertz CT molecular complexity index is 460. The SMILES string of the molecule is CCc1c(O)cc2ccsc2c1OC. The Hall–Kier alpha value is -1.22. The smallest absolute Gasteiger partial charge is 0.143 e. The molecule has 2 aromatic rings. The summed E-state index contributed by atoms with van der Waals surface area (Å²) in [5, 5.41) is 12.8. The predicted octanol–water partition coefficient (Wildman–Crippen LogP) is 3.18. The number of rotatable bonds is 2. The predicted molar refractivity (Wildman–Crippen MR) is 59.4 cm³/mol. The van der Waals surface area contributed by atoms with Gasteiger partial charge in [-0.05, 0) is 29.3 Å². The minimum absolute atomic E-state index is 0.329. The minimum Gasteiger partial charge on any atom is -0.508 e. The van der Waals surface area contributed by atoms with Gasteiger partial charge in [-0.1, -0.05) is 6.92 Å². The Kier molecular flexibility index (Phi) is 2.33. The van der Waals surface area contributed by atoms with Crippen molar-refractivity contribution in [2.45, 2.75) is 13.3 Å². The van der Waals surface area contributed by atoms with Gasteiger partial charge in [0.05, 0.1) is 11.8 Å². The monoisotopic (exact) mass is 208 g/mol. The normalized spacial score (nSPS) is 10.7. The number of benzene rings is 1. The second kappa shape index (κ2) is 3.50. The van der Waals surface area contributed by atoms with Crippen LogP contribution in [0, 0.1) is 0 Å². The zero-order chi connectivity index (χ0) is 10.1. The van der Waals surface area contributed by atoms with Crippen molar-refractivity contribution in [3.05, 3.63) is 23.1 Å². The molecule has 0 saturated heterocycles. The van der Waals surface area contributed by atoms with Crippen LogP contribution < -0.4 is 4.74 Å². The van der Waals surface area contributed by atoms with E-state index in [2.05, 4.69) is 0 Å². The molecule has 0 saturated carbocycles. The number of methoxy groups -OCH3 is 1. The van der Waals surface area contributed by atoms with Gasteiger partial charge in [0.15, 0.2) is 0 Å². The molecular formula is C11H12O2S. The summed E-state index contributed by atoms with van der Waals surface area (Å²) in [6, 6.07) is 3.79. The van der Waals surface area contributed by atoms with Gasteiger partial charge in [0.1, 0.15) is 11.5 Å². The van der Waals surface area contributed by atoms with E-state index in [1.165, 1.54) is 0 Å². The molecule has 1 heterocycles. The van der Waals surface area contributed by atoms with Crippen LogP contribution in [0.15, 0.2) is 17.5 Å². The molecular weight excluding hydrogens is 196 g/mol. The van der Waals surface area contributed by atoms with Crippen LogP contribution in [0.1, 0.15) is 12.5 Å². The summed E-state index contributed by atoms with van der Waals surface area (Å²) in [7, 11) is 1.65. The molecule has 0 radical (unpaired) electrons. The van der Waals surface area contributed by atoms with Crippen LogP contribution in [-0.2, 0) is 6.42 Å². The fourth-order valence-corrected chi connectivity index (χ4v) is 2.59. The molecule has 0 bridgehead atoms. The van der Waals surface area contributed by atoms with E-state index < -0.39 is 0 Å². The van der Waals surface area contributed by atoms with E-state index in [1.54, 1.807) is 24.5 Å².